The first kappa shape index (κ1) is 23.0. The van der Waals surface area contributed by atoms with Gasteiger partial charge in [0.25, 0.3) is 0 Å². The first-order chi connectivity index (χ1) is 16.3. The third kappa shape index (κ3) is 3.28. The number of aromatic nitrogens is 2. The van der Waals surface area contributed by atoms with Gasteiger partial charge in [-0.3, -0.25) is 0 Å². The average molecular weight is 455 g/mol. The topological polar surface area (TPSA) is 32.3 Å². The van der Waals surface area contributed by atoms with E-state index in [9.17, 15) is 0 Å². The smallest absolute Gasteiger partial charge is 0.162 e. The molecule has 4 heteroatoms. The van der Waals surface area contributed by atoms with Crippen molar-refractivity contribution in [3.63, 3.8) is 0 Å². The number of hydrogen-bond donors (Lipinski definition) is 0. The van der Waals surface area contributed by atoms with Crippen molar-refractivity contribution in [2.75, 3.05) is 16.8 Å². The van der Waals surface area contributed by atoms with Crippen LogP contribution in [0.2, 0.25) is 0 Å². The molecule has 0 saturated carbocycles. The molecule has 1 aromatic heterocycles. The van der Waals surface area contributed by atoms with Crippen molar-refractivity contribution in [3.05, 3.63) is 46.8 Å². The monoisotopic (exact) mass is 454 g/mol. The fraction of sp³-hybridized carbons (Fsp3) is 0.533. The maximum Gasteiger partial charge on any atom is 0.162 e. The van der Waals surface area contributed by atoms with Crippen LogP contribution in [0.4, 0.5) is 11.5 Å². The Morgan fingerprint density at radius 1 is 1.09 bits per heavy atom. The Morgan fingerprint density at radius 3 is 2.38 bits per heavy atom. The molecular formula is C30H38N4. The lowest BCUT2D eigenvalue weighted by atomic mass is 9.68. The fourth-order valence-electron chi connectivity index (χ4n) is 6.31. The molecule has 4 nitrogen and oxygen atoms in total. The highest BCUT2D eigenvalue weighted by Gasteiger charge is 2.49. The zero-order valence-electron chi connectivity index (χ0n) is 21.9. The van der Waals surface area contributed by atoms with Gasteiger partial charge in [0.15, 0.2) is 11.6 Å². The number of hydrogen-bond acceptors (Lipinski definition) is 4. The lowest BCUT2D eigenvalue weighted by molar-refractivity contribution is 0.261. The van der Waals surface area contributed by atoms with Crippen LogP contribution in [0.5, 0.6) is 0 Å². The van der Waals surface area contributed by atoms with E-state index in [0.29, 0.717) is 11.8 Å². The van der Waals surface area contributed by atoms with E-state index in [2.05, 4.69) is 94.6 Å². The third-order valence-corrected chi connectivity index (χ3v) is 8.42. The van der Waals surface area contributed by atoms with Crippen LogP contribution in [0.25, 0.3) is 11.4 Å². The Hall–Kier alpha value is -2.80. The van der Waals surface area contributed by atoms with Crippen molar-refractivity contribution in [1.82, 2.24) is 9.97 Å². The highest BCUT2D eigenvalue weighted by molar-refractivity contribution is 5.80. The molecule has 0 spiro atoms. The Labute approximate surface area is 205 Å². The molecule has 0 fully saturated rings. The predicted molar refractivity (Wildman–Crippen MR) is 142 cm³/mol. The minimum atomic E-state index is 0.158. The van der Waals surface area contributed by atoms with Gasteiger partial charge in [0.05, 0.1) is 6.20 Å². The summed E-state index contributed by atoms with van der Waals surface area (Å²) in [6, 6.07) is 6.66. The van der Waals surface area contributed by atoms with Crippen LogP contribution in [0.3, 0.4) is 0 Å². The quantitative estimate of drug-likeness (QED) is 0.446. The van der Waals surface area contributed by atoms with Crippen molar-refractivity contribution < 1.29 is 0 Å². The van der Waals surface area contributed by atoms with Gasteiger partial charge in [-0.2, -0.15) is 0 Å². The molecule has 1 atom stereocenters. The van der Waals surface area contributed by atoms with Crippen molar-refractivity contribution >= 4 is 11.5 Å². The highest BCUT2D eigenvalue weighted by atomic mass is 15.4. The SMILES string of the molecule is CCC1(CC)CC2N(C)c3nc(-c4c(C(C)C)cccc4C(C)C)ncc3N2C2=C1C#CCC2. The summed E-state index contributed by atoms with van der Waals surface area (Å²) in [5.74, 6) is 9.72. The van der Waals surface area contributed by atoms with Gasteiger partial charge in [-0.25, -0.2) is 9.97 Å². The molecule has 2 aromatic rings. The van der Waals surface area contributed by atoms with E-state index in [-0.39, 0.29) is 11.6 Å². The standard InChI is InChI=1S/C30H38N4/c1-8-30(9-2)17-26-33(7)29-25(34(26)24-16-11-10-15-23(24)30)18-31-28(32-29)27-21(19(3)4)13-12-14-22(27)20(5)6/h12-14,18-20,26H,8-9,11,16-17H2,1-7H3. The van der Waals surface area contributed by atoms with Crippen LogP contribution in [-0.4, -0.2) is 23.2 Å². The van der Waals surface area contributed by atoms with Gasteiger partial charge in [0.1, 0.15) is 11.9 Å². The molecular weight excluding hydrogens is 416 g/mol. The van der Waals surface area contributed by atoms with Gasteiger partial charge in [0.2, 0.25) is 0 Å². The molecule has 0 saturated heterocycles. The van der Waals surface area contributed by atoms with Gasteiger partial charge in [0, 0.05) is 35.7 Å². The summed E-state index contributed by atoms with van der Waals surface area (Å²) in [6.45, 7) is 13.7. The van der Waals surface area contributed by atoms with E-state index in [1.54, 1.807) is 0 Å². The second-order valence-corrected chi connectivity index (χ2v) is 10.8. The van der Waals surface area contributed by atoms with Gasteiger partial charge in [-0.05, 0) is 48.6 Å². The maximum absolute atomic E-state index is 5.27. The molecule has 1 aromatic carbocycles. The second kappa shape index (κ2) is 8.45. The van der Waals surface area contributed by atoms with Crippen molar-refractivity contribution in [2.45, 2.75) is 91.6 Å². The Balaban J connectivity index is 1.67. The van der Waals surface area contributed by atoms with Crippen LogP contribution in [0.1, 0.15) is 96.6 Å². The summed E-state index contributed by atoms with van der Waals surface area (Å²) < 4.78 is 0. The highest BCUT2D eigenvalue weighted by Crippen LogP contribution is 2.54. The summed E-state index contributed by atoms with van der Waals surface area (Å²) in [4.78, 5) is 15.2. The van der Waals surface area contributed by atoms with Gasteiger partial charge < -0.3 is 9.80 Å². The van der Waals surface area contributed by atoms with Crippen molar-refractivity contribution in [3.8, 4) is 23.2 Å². The molecule has 0 N–H and O–H groups in total. The average Bonchev–Trinajstić information content (AvgIpc) is 3.13. The molecule has 5 rings (SSSR count). The van der Waals surface area contributed by atoms with E-state index in [1.807, 2.05) is 0 Å². The van der Waals surface area contributed by atoms with E-state index < -0.39 is 0 Å². The Bertz CT molecular complexity index is 1180. The Kier molecular flexibility index (Phi) is 5.71. The number of fused-ring (bicyclic) bond motifs is 4. The minimum Gasteiger partial charge on any atom is -0.337 e. The van der Waals surface area contributed by atoms with Crippen molar-refractivity contribution in [1.29, 1.82) is 0 Å². The van der Waals surface area contributed by atoms with E-state index in [1.165, 1.54) is 28.0 Å². The second-order valence-electron chi connectivity index (χ2n) is 10.8. The van der Waals surface area contributed by atoms with E-state index >= 15 is 0 Å². The van der Waals surface area contributed by atoms with E-state index in [4.69, 9.17) is 9.97 Å². The lowest BCUT2D eigenvalue weighted by Gasteiger charge is -2.47. The molecule has 3 aliphatic rings. The largest absolute Gasteiger partial charge is 0.337 e. The summed E-state index contributed by atoms with van der Waals surface area (Å²) in [6.07, 6.45) is 7.64. The van der Waals surface area contributed by atoms with Crippen molar-refractivity contribution in [2.24, 2.45) is 5.41 Å². The van der Waals surface area contributed by atoms with Crippen LogP contribution in [-0.2, 0) is 0 Å². The van der Waals surface area contributed by atoms with Crippen LogP contribution in [0.15, 0.2) is 35.7 Å². The molecule has 0 radical (unpaired) electrons. The number of allylic oxidation sites excluding steroid dienone is 2. The number of nitrogens with zero attached hydrogens (tertiary/aromatic N) is 4. The van der Waals surface area contributed by atoms with Gasteiger partial charge in [-0.1, -0.05) is 71.6 Å². The predicted octanol–water partition coefficient (Wildman–Crippen LogP) is 7.23. The molecule has 1 unspecified atom stereocenters. The summed E-state index contributed by atoms with van der Waals surface area (Å²) in [5.41, 5.74) is 7.95. The van der Waals surface area contributed by atoms with Gasteiger partial charge >= 0.3 is 0 Å². The molecule has 3 heterocycles. The third-order valence-electron chi connectivity index (χ3n) is 8.42. The van der Waals surface area contributed by atoms with Crippen LogP contribution < -0.4 is 9.80 Å². The first-order valence-corrected chi connectivity index (χ1v) is 13.1. The maximum atomic E-state index is 5.27. The minimum absolute atomic E-state index is 0.158. The summed E-state index contributed by atoms with van der Waals surface area (Å²) >= 11 is 0. The number of benzene rings is 1. The zero-order chi connectivity index (χ0) is 24.2. The first-order valence-electron chi connectivity index (χ1n) is 13.1. The molecule has 34 heavy (non-hydrogen) atoms. The molecule has 0 bridgehead atoms. The van der Waals surface area contributed by atoms with Crippen LogP contribution in [0, 0.1) is 17.3 Å². The molecule has 0 amide bonds. The van der Waals surface area contributed by atoms with Gasteiger partial charge in [-0.15, -0.1) is 0 Å². The number of anilines is 2. The summed E-state index contributed by atoms with van der Waals surface area (Å²) in [5, 5.41) is 0. The zero-order valence-corrected chi connectivity index (χ0v) is 21.9. The fourth-order valence-corrected chi connectivity index (χ4v) is 6.31. The Morgan fingerprint density at radius 2 is 1.76 bits per heavy atom. The normalized spacial score (nSPS) is 20.3. The number of rotatable bonds is 5. The molecule has 2 aliphatic heterocycles. The van der Waals surface area contributed by atoms with E-state index in [0.717, 1.165) is 49.4 Å². The summed E-state index contributed by atoms with van der Waals surface area (Å²) in [7, 11) is 2.22. The van der Waals surface area contributed by atoms with Crippen LogP contribution >= 0.6 is 0 Å². The lowest BCUT2D eigenvalue weighted by Crippen LogP contribution is -2.50. The molecule has 1 aliphatic carbocycles. The molecule has 178 valence electrons.